The van der Waals surface area contributed by atoms with Crippen molar-refractivity contribution in [1.82, 2.24) is 4.90 Å². The summed E-state index contributed by atoms with van der Waals surface area (Å²) in [4.78, 5) is 24.7. The molecule has 5 nitrogen and oxygen atoms in total. The van der Waals surface area contributed by atoms with Gasteiger partial charge in [-0.25, -0.2) is 4.79 Å². The fraction of sp³-hybridized carbons (Fsp3) is 0.333. The average Bonchev–Trinajstić information content (AvgIpc) is 2.74. The topological polar surface area (TPSA) is 77.8 Å². The minimum atomic E-state index is -1.11. The first kappa shape index (κ1) is 14.5. The lowest BCUT2D eigenvalue weighted by Crippen LogP contribution is -2.40. The van der Waals surface area contributed by atoms with Crippen molar-refractivity contribution in [1.29, 1.82) is 0 Å². The largest absolute Gasteiger partial charge is 0.480 e. The van der Waals surface area contributed by atoms with E-state index in [1.165, 1.54) is 11.0 Å². The van der Waals surface area contributed by atoms with E-state index in [0.717, 1.165) is 0 Å². The maximum absolute atomic E-state index is 12.4. The Morgan fingerprint density at radius 1 is 1.42 bits per heavy atom. The third-order valence-electron chi connectivity index (χ3n) is 2.98. The number of carboxylic acid groups (broad SMARTS) is 1. The highest BCUT2D eigenvalue weighted by Crippen LogP contribution is 2.25. The van der Waals surface area contributed by atoms with Crippen LogP contribution in [0.1, 0.15) is 16.8 Å². The molecule has 1 heterocycles. The van der Waals surface area contributed by atoms with Crippen molar-refractivity contribution in [2.24, 2.45) is 0 Å². The molecule has 0 spiro atoms. The maximum atomic E-state index is 12.4. The van der Waals surface area contributed by atoms with E-state index in [9.17, 15) is 14.7 Å². The Bertz CT molecular complexity index is 536. The first-order chi connectivity index (χ1) is 8.90. The number of halogens is 2. The minimum absolute atomic E-state index is 0.0262. The molecule has 2 rings (SSSR count). The molecule has 0 bridgehead atoms. The van der Waals surface area contributed by atoms with Gasteiger partial charge in [-0.2, -0.15) is 0 Å². The number of benzene rings is 1. The lowest BCUT2D eigenvalue weighted by atomic mass is 10.1. The zero-order valence-electron chi connectivity index (χ0n) is 9.72. The molecule has 1 aromatic rings. The van der Waals surface area contributed by atoms with Gasteiger partial charge in [0.15, 0.2) is 0 Å². The van der Waals surface area contributed by atoms with Gasteiger partial charge in [-0.05, 0) is 40.8 Å². The van der Waals surface area contributed by atoms with Crippen LogP contribution < -0.4 is 0 Å². The lowest BCUT2D eigenvalue weighted by Gasteiger charge is -2.21. The molecule has 1 unspecified atom stereocenters. The first-order valence-electron chi connectivity index (χ1n) is 5.57. The number of carbonyl (C=O) groups excluding carboxylic acids is 1. The number of carboxylic acids is 1. The summed E-state index contributed by atoms with van der Waals surface area (Å²) in [5.74, 6) is -1.53. The number of β-amino-alcohol motifs (C(OH)–C–C–N with tert-alkyl or cyclic N) is 1. The number of aliphatic hydroxyl groups excluding tert-OH is 1. The van der Waals surface area contributed by atoms with E-state index in [4.69, 9.17) is 16.7 Å². The summed E-state index contributed by atoms with van der Waals surface area (Å²) in [6.45, 7) is 0.0262. The number of hydrogen-bond donors (Lipinski definition) is 2. The van der Waals surface area contributed by atoms with Gasteiger partial charge in [0.2, 0.25) is 0 Å². The molecule has 0 radical (unpaired) electrons. The lowest BCUT2D eigenvalue weighted by molar-refractivity contribution is -0.141. The number of amides is 1. The van der Waals surface area contributed by atoms with Gasteiger partial charge in [0.25, 0.3) is 5.91 Å². The van der Waals surface area contributed by atoms with E-state index >= 15 is 0 Å². The third-order valence-corrected chi connectivity index (χ3v) is 4.16. The molecular formula is C12H11ClINO4. The summed E-state index contributed by atoms with van der Waals surface area (Å²) in [7, 11) is 0. The van der Waals surface area contributed by atoms with Crippen molar-refractivity contribution < 1.29 is 19.8 Å². The SMILES string of the molecule is O=C(O)[C@@H]1CC(O)CN1C(=O)c1cc(Cl)ccc1I. The first-order valence-corrected chi connectivity index (χ1v) is 7.02. The Morgan fingerprint density at radius 2 is 2.11 bits per heavy atom. The maximum Gasteiger partial charge on any atom is 0.326 e. The second-order valence-corrected chi connectivity index (χ2v) is 5.92. The summed E-state index contributed by atoms with van der Waals surface area (Å²) in [6.07, 6.45) is -0.750. The average molecular weight is 396 g/mol. The van der Waals surface area contributed by atoms with E-state index in [-0.39, 0.29) is 13.0 Å². The Hall–Kier alpha value is -0.860. The van der Waals surface area contributed by atoms with Crippen molar-refractivity contribution in [3.63, 3.8) is 0 Å². The molecule has 1 fully saturated rings. The van der Waals surface area contributed by atoms with Crippen LogP contribution in [0.3, 0.4) is 0 Å². The number of carbonyl (C=O) groups is 2. The molecule has 102 valence electrons. The van der Waals surface area contributed by atoms with E-state index in [0.29, 0.717) is 14.2 Å². The summed E-state index contributed by atoms with van der Waals surface area (Å²) in [5.41, 5.74) is 0.355. The fourth-order valence-electron chi connectivity index (χ4n) is 2.09. The Morgan fingerprint density at radius 3 is 2.74 bits per heavy atom. The summed E-state index contributed by atoms with van der Waals surface area (Å²) in [5, 5.41) is 19.1. The van der Waals surface area contributed by atoms with E-state index in [1.807, 2.05) is 22.6 Å². The van der Waals surface area contributed by atoms with Crippen LogP contribution in [0, 0.1) is 3.57 Å². The number of aliphatic carboxylic acids is 1. The Kier molecular flexibility index (Phi) is 4.32. The van der Waals surface area contributed by atoms with Gasteiger partial charge in [-0.1, -0.05) is 11.6 Å². The molecule has 0 saturated carbocycles. The number of rotatable bonds is 2. The highest BCUT2D eigenvalue weighted by molar-refractivity contribution is 14.1. The standard InChI is InChI=1S/C12H11ClINO4/c13-6-1-2-9(14)8(3-6)11(17)15-5-7(16)4-10(15)12(18)19/h1-3,7,10,16H,4-5H2,(H,18,19)/t7?,10-/m0/s1. The predicted octanol–water partition coefficient (Wildman–Crippen LogP) is 1.60. The fourth-order valence-corrected chi connectivity index (χ4v) is 2.83. The molecule has 7 heteroatoms. The molecule has 1 aromatic carbocycles. The van der Waals surface area contributed by atoms with Crippen LogP contribution >= 0.6 is 34.2 Å². The number of hydrogen-bond acceptors (Lipinski definition) is 3. The number of likely N-dealkylation sites (tertiary alicyclic amines) is 1. The van der Waals surface area contributed by atoms with E-state index < -0.39 is 24.0 Å². The van der Waals surface area contributed by atoms with Gasteiger partial charge in [-0.3, -0.25) is 4.79 Å². The molecule has 2 N–H and O–H groups in total. The molecule has 0 aromatic heterocycles. The quantitative estimate of drug-likeness (QED) is 0.746. The van der Waals surface area contributed by atoms with Crippen molar-refractivity contribution in [3.05, 3.63) is 32.4 Å². The molecular weight excluding hydrogens is 384 g/mol. The minimum Gasteiger partial charge on any atom is -0.480 e. The van der Waals surface area contributed by atoms with Gasteiger partial charge in [-0.15, -0.1) is 0 Å². The van der Waals surface area contributed by atoms with Crippen molar-refractivity contribution in [3.8, 4) is 0 Å². The summed E-state index contributed by atoms with van der Waals surface area (Å²) >= 11 is 7.85. The Balaban J connectivity index is 2.33. The molecule has 2 atom stereocenters. The van der Waals surface area contributed by atoms with Crippen LogP contribution in [0.2, 0.25) is 5.02 Å². The Labute approximate surface area is 128 Å². The van der Waals surface area contributed by atoms with Crippen LogP contribution in [-0.2, 0) is 4.79 Å². The highest BCUT2D eigenvalue weighted by Gasteiger charge is 2.39. The smallest absolute Gasteiger partial charge is 0.326 e. The van der Waals surface area contributed by atoms with E-state index in [1.54, 1.807) is 12.1 Å². The van der Waals surface area contributed by atoms with Crippen LogP contribution in [0.4, 0.5) is 0 Å². The number of aliphatic hydroxyl groups is 1. The van der Waals surface area contributed by atoms with Gasteiger partial charge in [0.05, 0.1) is 11.7 Å². The molecule has 1 amide bonds. The van der Waals surface area contributed by atoms with Crippen molar-refractivity contribution in [2.45, 2.75) is 18.6 Å². The van der Waals surface area contributed by atoms with Crippen molar-refractivity contribution in [2.75, 3.05) is 6.54 Å². The summed E-state index contributed by atoms with van der Waals surface area (Å²) in [6, 6.07) is 3.87. The summed E-state index contributed by atoms with van der Waals surface area (Å²) < 4.78 is 0.692. The molecule has 1 aliphatic heterocycles. The van der Waals surface area contributed by atoms with E-state index in [2.05, 4.69) is 0 Å². The van der Waals surface area contributed by atoms with Crippen LogP contribution in [0.25, 0.3) is 0 Å². The van der Waals surface area contributed by atoms with Crippen LogP contribution in [0.5, 0.6) is 0 Å². The van der Waals surface area contributed by atoms with Crippen LogP contribution in [-0.4, -0.2) is 45.7 Å². The number of nitrogens with zero attached hydrogens (tertiary/aromatic N) is 1. The molecule has 1 saturated heterocycles. The molecule has 0 aliphatic carbocycles. The second kappa shape index (κ2) is 5.64. The zero-order chi connectivity index (χ0) is 14.2. The van der Waals surface area contributed by atoms with Gasteiger partial charge in [0, 0.05) is 21.6 Å². The zero-order valence-corrected chi connectivity index (χ0v) is 12.6. The predicted molar refractivity (Wildman–Crippen MR) is 77.3 cm³/mol. The van der Waals surface area contributed by atoms with Gasteiger partial charge in [0.1, 0.15) is 6.04 Å². The monoisotopic (exact) mass is 395 g/mol. The third kappa shape index (κ3) is 3.01. The second-order valence-electron chi connectivity index (χ2n) is 4.33. The molecule has 19 heavy (non-hydrogen) atoms. The highest BCUT2D eigenvalue weighted by atomic mass is 127. The van der Waals surface area contributed by atoms with Gasteiger partial charge < -0.3 is 15.1 Å². The molecule has 1 aliphatic rings. The van der Waals surface area contributed by atoms with Crippen molar-refractivity contribution >= 4 is 46.1 Å². The normalized spacial score (nSPS) is 22.6. The van der Waals surface area contributed by atoms with Crippen LogP contribution in [0.15, 0.2) is 18.2 Å². The van der Waals surface area contributed by atoms with Gasteiger partial charge >= 0.3 is 5.97 Å².